The summed E-state index contributed by atoms with van der Waals surface area (Å²) in [6, 6.07) is 17.8. The molecule has 0 heterocycles. The molecule has 0 aliphatic carbocycles. The Morgan fingerprint density at radius 3 is 2.61 bits per heavy atom. The van der Waals surface area contributed by atoms with Crippen LogP contribution in [0.3, 0.4) is 0 Å². The Bertz CT molecular complexity index is 560. The molecule has 0 spiro atoms. The summed E-state index contributed by atoms with van der Waals surface area (Å²) in [5.41, 5.74) is 1.71. The van der Waals surface area contributed by atoms with Gasteiger partial charge in [-0.1, -0.05) is 18.2 Å². The van der Waals surface area contributed by atoms with Gasteiger partial charge in [0.1, 0.15) is 5.75 Å². The van der Waals surface area contributed by atoms with Crippen LogP contribution in [0.2, 0.25) is 0 Å². The van der Waals surface area contributed by atoms with Crippen molar-refractivity contribution in [3.8, 4) is 11.8 Å². The highest BCUT2D eigenvalue weighted by Crippen LogP contribution is 2.28. The molecule has 2 aromatic carbocycles. The Labute approximate surface area is 111 Å². The third-order valence-electron chi connectivity index (χ3n) is 2.55. The minimum atomic E-state index is 0.666. The number of thioether (sulfide) groups is 1. The Hall–Kier alpha value is -1.92. The van der Waals surface area contributed by atoms with E-state index in [1.54, 1.807) is 24.9 Å². The number of rotatable bonds is 4. The summed E-state index contributed by atoms with van der Waals surface area (Å²) < 4.78 is 5.31. The van der Waals surface area contributed by atoms with Gasteiger partial charge in [0.15, 0.2) is 0 Å². The van der Waals surface area contributed by atoms with Crippen molar-refractivity contribution >= 4 is 11.8 Å². The summed E-state index contributed by atoms with van der Waals surface area (Å²) in [5.74, 6) is 1.63. The first-order valence-electron chi connectivity index (χ1n) is 5.58. The summed E-state index contributed by atoms with van der Waals surface area (Å²) in [6.07, 6.45) is 0. The van der Waals surface area contributed by atoms with Gasteiger partial charge >= 0.3 is 0 Å². The van der Waals surface area contributed by atoms with E-state index in [2.05, 4.69) is 18.2 Å². The van der Waals surface area contributed by atoms with E-state index in [1.165, 1.54) is 4.90 Å². The van der Waals surface area contributed by atoms with E-state index < -0.39 is 0 Å². The number of benzene rings is 2. The normalized spacial score (nSPS) is 9.78. The number of hydrogen-bond donors (Lipinski definition) is 0. The predicted molar refractivity (Wildman–Crippen MR) is 73.7 cm³/mol. The van der Waals surface area contributed by atoms with E-state index in [-0.39, 0.29) is 0 Å². The molecule has 0 amide bonds. The zero-order valence-corrected chi connectivity index (χ0v) is 10.9. The highest BCUT2D eigenvalue weighted by atomic mass is 32.2. The van der Waals surface area contributed by atoms with Crippen LogP contribution in [0, 0.1) is 11.3 Å². The summed E-state index contributed by atoms with van der Waals surface area (Å²) in [5, 5.41) is 8.91. The lowest BCUT2D eigenvalue weighted by atomic mass is 10.1. The molecule has 0 atom stereocenters. The van der Waals surface area contributed by atoms with E-state index in [0.717, 1.165) is 17.1 Å². The van der Waals surface area contributed by atoms with Gasteiger partial charge in [-0.15, -0.1) is 11.8 Å². The Balaban J connectivity index is 2.15. The summed E-state index contributed by atoms with van der Waals surface area (Å²) in [6.45, 7) is 0. The molecule has 0 aliphatic rings. The molecule has 0 saturated heterocycles. The van der Waals surface area contributed by atoms with Crippen LogP contribution in [-0.4, -0.2) is 7.11 Å². The number of methoxy groups -OCH3 is 1. The number of nitriles is 1. The van der Waals surface area contributed by atoms with Crippen molar-refractivity contribution in [3.63, 3.8) is 0 Å². The first-order chi connectivity index (χ1) is 8.83. The summed E-state index contributed by atoms with van der Waals surface area (Å²) >= 11 is 1.73. The molecular formula is C15H13NOS. The van der Waals surface area contributed by atoms with Gasteiger partial charge in [0.2, 0.25) is 0 Å². The van der Waals surface area contributed by atoms with Crippen LogP contribution in [0.1, 0.15) is 11.1 Å². The molecule has 0 saturated carbocycles. The highest BCUT2D eigenvalue weighted by molar-refractivity contribution is 7.98. The van der Waals surface area contributed by atoms with E-state index in [4.69, 9.17) is 10.00 Å². The van der Waals surface area contributed by atoms with Gasteiger partial charge in [0.25, 0.3) is 0 Å². The molecule has 0 N–H and O–H groups in total. The molecule has 0 unspecified atom stereocenters. The third-order valence-corrected chi connectivity index (χ3v) is 3.61. The van der Waals surface area contributed by atoms with Crippen LogP contribution in [-0.2, 0) is 5.75 Å². The van der Waals surface area contributed by atoms with Crippen molar-refractivity contribution in [3.05, 3.63) is 59.7 Å². The summed E-state index contributed by atoms with van der Waals surface area (Å²) in [4.78, 5) is 1.21. The molecule has 90 valence electrons. The lowest BCUT2D eigenvalue weighted by Crippen LogP contribution is -1.91. The molecule has 0 aromatic heterocycles. The van der Waals surface area contributed by atoms with E-state index in [1.807, 2.05) is 30.3 Å². The van der Waals surface area contributed by atoms with Crippen LogP contribution < -0.4 is 4.74 Å². The quantitative estimate of drug-likeness (QED) is 0.778. The molecule has 2 nitrogen and oxygen atoms in total. The van der Waals surface area contributed by atoms with Gasteiger partial charge in [-0.25, -0.2) is 0 Å². The Kier molecular flexibility index (Phi) is 4.27. The van der Waals surface area contributed by atoms with Gasteiger partial charge in [-0.2, -0.15) is 5.26 Å². The van der Waals surface area contributed by atoms with E-state index >= 15 is 0 Å². The van der Waals surface area contributed by atoms with Crippen LogP contribution in [0.25, 0.3) is 0 Å². The molecule has 0 fully saturated rings. The lowest BCUT2D eigenvalue weighted by Gasteiger charge is -2.08. The zero-order chi connectivity index (χ0) is 12.8. The van der Waals surface area contributed by atoms with Crippen LogP contribution in [0.15, 0.2) is 53.4 Å². The number of ether oxygens (including phenoxy) is 1. The minimum Gasteiger partial charge on any atom is -0.496 e. The second-order valence-corrected chi connectivity index (χ2v) is 4.79. The monoisotopic (exact) mass is 255 g/mol. The smallest absolute Gasteiger partial charge is 0.122 e. The molecule has 0 aliphatic heterocycles. The fraction of sp³-hybridized carbons (Fsp3) is 0.133. The topological polar surface area (TPSA) is 33.0 Å². The molecule has 2 rings (SSSR count). The van der Waals surface area contributed by atoms with Gasteiger partial charge in [0, 0.05) is 16.2 Å². The van der Waals surface area contributed by atoms with Crippen LogP contribution in [0.5, 0.6) is 5.75 Å². The molecule has 3 heteroatoms. The average Bonchev–Trinajstić information content (AvgIpc) is 2.45. The van der Waals surface area contributed by atoms with Crippen LogP contribution >= 0.6 is 11.8 Å². The molecule has 0 radical (unpaired) electrons. The number of hydrogen-bond acceptors (Lipinski definition) is 3. The van der Waals surface area contributed by atoms with Crippen LogP contribution in [0.4, 0.5) is 0 Å². The minimum absolute atomic E-state index is 0.666. The molecule has 0 bridgehead atoms. The zero-order valence-electron chi connectivity index (χ0n) is 10.1. The Morgan fingerprint density at radius 2 is 1.94 bits per heavy atom. The molecular weight excluding hydrogens is 242 g/mol. The maximum absolute atomic E-state index is 8.91. The van der Waals surface area contributed by atoms with Gasteiger partial charge in [0.05, 0.1) is 18.7 Å². The van der Waals surface area contributed by atoms with E-state index in [0.29, 0.717) is 5.56 Å². The van der Waals surface area contributed by atoms with Crippen molar-refractivity contribution in [2.75, 3.05) is 7.11 Å². The fourth-order valence-electron chi connectivity index (χ4n) is 1.64. The fourth-order valence-corrected chi connectivity index (χ4v) is 2.54. The van der Waals surface area contributed by atoms with Crippen molar-refractivity contribution < 1.29 is 4.74 Å². The molecule has 18 heavy (non-hydrogen) atoms. The van der Waals surface area contributed by atoms with Crippen molar-refractivity contribution in [2.45, 2.75) is 10.6 Å². The lowest BCUT2D eigenvalue weighted by molar-refractivity contribution is 0.411. The van der Waals surface area contributed by atoms with Gasteiger partial charge in [-0.05, 0) is 30.3 Å². The number of nitrogens with zero attached hydrogens (tertiary/aromatic N) is 1. The average molecular weight is 255 g/mol. The third kappa shape index (κ3) is 3.06. The van der Waals surface area contributed by atoms with E-state index in [9.17, 15) is 0 Å². The largest absolute Gasteiger partial charge is 0.496 e. The molecule has 2 aromatic rings. The maximum atomic E-state index is 8.91. The van der Waals surface area contributed by atoms with Crippen molar-refractivity contribution in [1.29, 1.82) is 5.26 Å². The van der Waals surface area contributed by atoms with Gasteiger partial charge < -0.3 is 4.74 Å². The highest BCUT2D eigenvalue weighted by Gasteiger charge is 2.05. The first-order valence-corrected chi connectivity index (χ1v) is 6.57. The van der Waals surface area contributed by atoms with Gasteiger partial charge in [-0.3, -0.25) is 0 Å². The Morgan fingerprint density at radius 1 is 1.17 bits per heavy atom. The maximum Gasteiger partial charge on any atom is 0.122 e. The summed E-state index contributed by atoms with van der Waals surface area (Å²) in [7, 11) is 1.65. The standard InChI is InChI=1S/C15H13NOS/c1-17-15-8-7-12(10-16)9-13(15)11-18-14-5-3-2-4-6-14/h2-9H,11H2,1H3. The van der Waals surface area contributed by atoms with Crippen molar-refractivity contribution in [2.24, 2.45) is 0 Å². The SMILES string of the molecule is COc1ccc(C#N)cc1CSc1ccccc1. The second kappa shape index (κ2) is 6.13. The second-order valence-electron chi connectivity index (χ2n) is 3.74. The first kappa shape index (κ1) is 12.5. The van der Waals surface area contributed by atoms with Crippen molar-refractivity contribution in [1.82, 2.24) is 0 Å². The predicted octanol–water partition coefficient (Wildman–Crippen LogP) is 3.86.